The third-order valence-electron chi connectivity index (χ3n) is 2.49. The summed E-state index contributed by atoms with van der Waals surface area (Å²) in [5.41, 5.74) is 3.35. The highest BCUT2D eigenvalue weighted by Crippen LogP contribution is 2.56. The molecule has 0 aliphatic heterocycles. The first-order valence-corrected chi connectivity index (χ1v) is 4.40. The van der Waals surface area contributed by atoms with Gasteiger partial charge in [-0.3, -0.25) is 0 Å². The normalized spacial score (nSPS) is 30.0. The molecule has 0 aromatic rings. The fourth-order valence-corrected chi connectivity index (χ4v) is 2.25. The Morgan fingerprint density at radius 3 is 2.11 bits per heavy atom. The Labute approximate surface area is 64.5 Å². The van der Waals surface area contributed by atoms with Gasteiger partial charge in [-0.05, 0) is 32.6 Å². The van der Waals surface area contributed by atoms with E-state index in [-0.39, 0.29) is 0 Å². The summed E-state index contributed by atoms with van der Waals surface area (Å²) in [5.74, 6) is 0. The second kappa shape index (κ2) is 1.63. The molecule has 0 amide bonds. The van der Waals surface area contributed by atoms with Gasteiger partial charge in [0.05, 0.1) is 0 Å². The summed E-state index contributed by atoms with van der Waals surface area (Å²) in [4.78, 5) is 0. The van der Waals surface area contributed by atoms with E-state index in [2.05, 4.69) is 22.9 Å². The van der Waals surface area contributed by atoms with Crippen molar-refractivity contribution in [2.75, 3.05) is 0 Å². The molecule has 0 unspecified atom stereocenters. The Balaban J connectivity index is 2.23. The molecule has 2 rings (SSSR count). The summed E-state index contributed by atoms with van der Waals surface area (Å²) in [5, 5.41) is 0. The van der Waals surface area contributed by atoms with E-state index in [4.69, 9.17) is 0 Å². The molecule has 0 nitrogen and oxygen atoms in total. The van der Waals surface area contributed by atoms with E-state index in [1.54, 1.807) is 11.1 Å². The first-order valence-electron chi connectivity index (χ1n) is 3.60. The van der Waals surface area contributed by atoms with Gasteiger partial charge in [0.2, 0.25) is 0 Å². The van der Waals surface area contributed by atoms with Gasteiger partial charge in [-0.25, -0.2) is 0 Å². The van der Waals surface area contributed by atoms with Crippen molar-refractivity contribution in [3.8, 4) is 0 Å². The number of alkyl halides is 1. The molecular formula is C8H11Br. The highest BCUT2D eigenvalue weighted by molar-refractivity contribution is 9.10. The largest absolute Gasteiger partial charge is 0.0805 e. The number of rotatable bonds is 1. The standard InChI is InChI=1S/C8H11Br/c1-6-2-3-7(6)8(9)4-5-8/h2-5H2,1H3. The molecule has 0 radical (unpaired) electrons. The zero-order chi connectivity index (χ0) is 6.48. The first-order chi connectivity index (χ1) is 4.22. The Morgan fingerprint density at radius 2 is 2.00 bits per heavy atom. The highest BCUT2D eigenvalue weighted by Gasteiger charge is 2.45. The maximum absolute atomic E-state index is 3.75. The topological polar surface area (TPSA) is 0 Å². The maximum atomic E-state index is 3.75. The number of halogens is 1. The molecule has 9 heavy (non-hydrogen) atoms. The van der Waals surface area contributed by atoms with Gasteiger partial charge in [0.1, 0.15) is 0 Å². The molecule has 0 saturated heterocycles. The maximum Gasteiger partial charge on any atom is 0.0469 e. The van der Waals surface area contributed by atoms with Gasteiger partial charge in [-0.2, -0.15) is 0 Å². The molecule has 0 spiro atoms. The van der Waals surface area contributed by atoms with E-state index in [0.717, 1.165) is 0 Å². The lowest BCUT2D eigenvalue weighted by molar-refractivity contribution is 0.749. The minimum atomic E-state index is 0.509. The Kier molecular flexibility index (Phi) is 1.08. The fourth-order valence-electron chi connectivity index (χ4n) is 1.52. The van der Waals surface area contributed by atoms with E-state index in [1.165, 1.54) is 25.7 Å². The van der Waals surface area contributed by atoms with Crippen LogP contribution in [0, 0.1) is 0 Å². The molecule has 0 heterocycles. The number of hydrogen-bond acceptors (Lipinski definition) is 0. The highest BCUT2D eigenvalue weighted by atomic mass is 79.9. The summed E-state index contributed by atoms with van der Waals surface area (Å²) in [6.07, 6.45) is 5.46. The van der Waals surface area contributed by atoms with Crippen molar-refractivity contribution in [2.24, 2.45) is 0 Å². The molecule has 0 bridgehead atoms. The van der Waals surface area contributed by atoms with Crippen molar-refractivity contribution < 1.29 is 0 Å². The van der Waals surface area contributed by atoms with E-state index >= 15 is 0 Å². The molecule has 0 aromatic heterocycles. The van der Waals surface area contributed by atoms with Crippen LogP contribution in [0.2, 0.25) is 0 Å². The van der Waals surface area contributed by atoms with E-state index in [1.807, 2.05) is 0 Å². The molecular weight excluding hydrogens is 176 g/mol. The summed E-state index contributed by atoms with van der Waals surface area (Å²) < 4.78 is 0.509. The predicted octanol–water partition coefficient (Wildman–Crippen LogP) is 3.02. The Morgan fingerprint density at radius 1 is 1.33 bits per heavy atom. The van der Waals surface area contributed by atoms with Gasteiger partial charge < -0.3 is 0 Å². The molecule has 1 heteroatoms. The number of allylic oxidation sites excluding steroid dienone is 2. The smallest absolute Gasteiger partial charge is 0.0469 e. The van der Waals surface area contributed by atoms with Crippen molar-refractivity contribution in [1.82, 2.24) is 0 Å². The van der Waals surface area contributed by atoms with Crippen molar-refractivity contribution in [3.63, 3.8) is 0 Å². The van der Waals surface area contributed by atoms with Crippen LogP contribution in [0.25, 0.3) is 0 Å². The van der Waals surface area contributed by atoms with Gasteiger partial charge in [-0.1, -0.05) is 27.1 Å². The predicted molar refractivity (Wildman–Crippen MR) is 42.8 cm³/mol. The second-order valence-corrected chi connectivity index (χ2v) is 4.74. The van der Waals surface area contributed by atoms with Crippen LogP contribution in [0.15, 0.2) is 11.1 Å². The van der Waals surface area contributed by atoms with Crippen LogP contribution in [-0.4, -0.2) is 4.32 Å². The molecule has 0 atom stereocenters. The summed E-state index contributed by atoms with van der Waals surface area (Å²) in [6.45, 7) is 2.26. The molecule has 50 valence electrons. The van der Waals surface area contributed by atoms with Crippen LogP contribution in [0.3, 0.4) is 0 Å². The lowest BCUT2D eigenvalue weighted by Gasteiger charge is -2.25. The lowest BCUT2D eigenvalue weighted by atomic mass is 9.86. The van der Waals surface area contributed by atoms with E-state index < -0.39 is 0 Å². The van der Waals surface area contributed by atoms with Crippen LogP contribution in [0.1, 0.15) is 32.6 Å². The Hall–Kier alpha value is 0.220. The van der Waals surface area contributed by atoms with Crippen LogP contribution in [0.5, 0.6) is 0 Å². The van der Waals surface area contributed by atoms with Crippen molar-refractivity contribution in [2.45, 2.75) is 36.9 Å². The second-order valence-electron chi connectivity index (χ2n) is 3.22. The third kappa shape index (κ3) is 0.778. The zero-order valence-corrected chi connectivity index (χ0v) is 7.29. The fraction of sp³-hybridized carbons (Fsp3) is 0.750. The quantitative estimate of drug-likeness (QED) is 0.437. The minimum Gasteiger partial charge on any atom is -0.0805 e. The lowest BCUT2D eigenvalue weighted by Crippen LogP contribution is -2.12. The summed E-state index contributed by atoms with van der Waals surface area (Å²) in [6, 6.07) is 0. The van der Waals surface area contributed by atoms with E-state index in [9.17, 15) is 0 Å². The first kappa shape index (κ1) is 5.96. The van der Waals surface area contributed by atoms with Crippen molar-refractivity contribution in [1.29, 1.82) is 0 Å². The van der Waals surface area contributed by atoms with E-state index in [0.29, 0.717) is 4.32 Å². The molecule has 1 saturated carbocycles. The van der Waals surface area contributed by atoms with Gasteiger partial charge in [-0.15, -0.1) is 0 Å². The monoisotopic (exact) mass is 186 g/mol. The van der Waals surface area contributed by atoms with Gasteiger partial charge in [0, 0.05) is 4.32 Å². The number of hydrogen-bond donors (Lipinski definition) is 0. The van der Waals surface area contributed by atoms with Gasteiger partial charge >= 0.3 is 0 Å². The van der Waals surface area contributed by atoms with Crippen molar-refractivity contribution in [3.05, 3.63) is 11.1 Å². The molecule has 1 fully saturated rings. The summed E-state index contributed by atoms with van der Waals surface area (Å²) >= 11 is 3.75. The average molecular weight is 187 g/mol. The molecule has 2 aliphatic carbocycles. The van der Waals surface area contributed by atoms with Crippen LogP contribution < -0.4 is 0 Å². The van der Waals surface area contributed by atoms with Crippen LogP contribution >= 0.6 is 15.9 Å². The zero-order valence-electron chi connectivity index (χ0n) is 5.71. The molecule has 0 N–H and O–H groups in total. The summed E-state index contributed by atoms with van der Waals surface area (Å²) in [7, 11) is 0. The van der Waals surface area contributed by atoms with Gasteiger partial charge in [0.15, 0.2) is 0 Å². The minimum absolute atomic E-state index is 0.509. The average Bonchev–Trinajstić information content (AvgIpc) is 2.44. The van der Waals surface area contributed by atoms with Gasteiger partial charge in [0.25, 0.3) is 0 Å². The Bertz CT molecular complexity index is 175. The SMILES string of the molecule is CC1=C(C2(Br)CC2)CC1. The van der Waals surface area contributed by atoms with Crippen molar-refractivity contribution >= 4 is 15.9 Å². The van der Waals surface area contributed by atoms with Crippen LogP contribution in [-0.2, 0) is 0 Å². The molecule has 0 aromatic carbocycles. The molecule has 2 aliphatic rings. The third-order valence-corrected chi connectivity index (χ3v) is 3.77. The van der Waals surface area contributed by atoms with Crippen LogP contribution in [0.4, 0.5) is 0 Å².